The molecule has 16 heteroatoms. The van der Waals surface area contributed by atoms with Crippen LogP contribution < -0.4 is 4.90 Å². The summed E-state index contributed by atoms with van der Waals surface area (Å²) in [5.41, 5.74) is -6.11. The van der Waals surface area contributed by atoms with Crippen molar-refractivity contribution >= 4 is 39.3 Å². The number of nitrogens with zero attached hydrogens (tertiary/aromatic N) is 2. The van der Waals surface area contributed by atoms with E-state index in [-0.39, 0.29) is 67.6 Å². The molecule has 0 aliphatic carbocycles. The average molecular weight is 889 g/mol. The van der Waals surface area contributed by atoms with Gasteiger partial charge in [0.05, 0.1) is 55.8 Å². The third-order valence-electron chi connectivity index (χ3n) is 11.0. The number of halogens is 12. The van der Waals surface area contributed by atoms with E-state index in [1.165, 1.54) is 59.2 Å². The minimum atomic E-state index is -5.19. The number of hydrogen-bond donors (Lipinski definition) is 0. The molecule has 2 heterocycles. The molecule has 64 heavy (non-hydrogen) atoms. The van der Waals surface area contributed by atoms with Gasteiger partial charge in [0.1, 0.15) is 0 Å². The average Bonchev–Trinajstić information content (AvgIpc) is 3.71. The third-order valence-corrected chi connectivity index (χ3v) is 11.0. The van der Waals surface area contributed by atoms with Gasteiger partial charge in [0.15, 0.2) is 0 Å². The van der Waals surface area contributed by atoms with E-state index in [2.05, 4.69) is 0 Å². The fraction of sp³-hybridized carbons (Fsp3) is 0.0833. The molecule has 0 bridgehead atoms. The van der Waals surface area contributed by atoms with Gasteiger partial charge in [0.2, 0.25) is 0 Å². The molecular weight excluding hydrogens is 865 g/mol. The Bertz CT molecular complexity index is 3000. The van der Waals surface area contributed by atoms with E-state index < -0.39 is 69.9 Å². The summed E-state index contributed by atoms with van der Waals surface area (Å²) in [7, 11) is 0. The zero-order valence-electron chi connectivity index (χ0n) is 32.1. The van der Waals surface area contributed by atoms with Crippen LogP contribution in [0.4, 0.5) is 58.4 Å². The highest BCUT2D eigenvalue weighted by Gasteiger charge is 2.41. The first kappa shape index (κ1) is 42.0. The van der Waals surface area contributed by atoms with Crippen LogP contribution in [-0.2, 0) is 24.7 Å². The number of rotatable bonds is 5. The number of imide groups is 1. The number of fused-ring (bicyclic) bond motifs is 4. The van der Waals surface area contributed by atoms with E-state index in [9.17, 15) is 62.3 Å². The molecule has 0 N–H and O–H groups in total. The summed E-state index contributed by atoms with van der Waals surface area (Å²) in [5, 5.41) is 0.548. The molecule has 0 atom stereocenters. The van der Waals surface area contributed by atoms with Gasteiger partial charge in [-0.05, 0) is 106 Å². The van der Waals surface area contributed by atoms with Crippen molar-refractivity contribution in [2.24, 2.45) is 0 Å². The Morgan fingerprint density at radius 3 is 1.22 bits per heavy atom. The molecule has 0 unspecified atom stereocenters. The van der Waals surface area contributed by atoms with E-state index in [0.717, 1.165) is 16.0 Å². The van der Waals surface area contributed by atoms with Crippen LogP contribution >= 0.6 is 0 Å². The van der Waals surface area contributed by atoms with E-state index in [1.807, 2.05) is 30.3 Å². The van der Waals surface area contributed by atoms with Crippen molar-refractivity contribution in [1.29, 1.82) is 0 Å². The van der Waals surface area contributed by atoms with E-state index >= 15 is 0 Å². The molecule has 2 amide bonds. The standard InChI is InChI=1S/C48H24F12N2O2/c49-45(50,51)31-17-29(18-32(23-31)46(52,53)54)27-11-15-36-37-16-12-28(30-19-33(47(55,56)57)24-34(20-30)48(58,59)60)22-41(37)62(40(36)21-27)39-8-4-7-38-42(39)44(64)61(43(38)63)35-13-9-26(10-14-35)25-5-2-1-3-6-25/h1-24H. The Balaban J connectivity index is 1.28. The summed E-state index contributed by atoms with van der Waals surface area (Å²) in [6.07, 6.45) is -20.8. The van der Waals surface area contributed by atoms with Gasteiger partial charge in [0.25, 0.3) is 11.8 Å². The summed E-state index contributed by atoms with van der Waals surface area (Å²) >= 11 is 0. The Labute approximate surface area is 353 Å². The zero-order valence-corrected chi connectivity index (χ0v) is 32.1. The van der Waals surface area contributed by atoms with E-state index in [4.69, 9.17) is 0 Å². The number of benzene rings is 7. The van der Waals surface area contributed by atoms with E-state index in [1.54, 1.807) is 24.3 Å². The molecule has 4 nitrogen and oxygen atoms in total. The van der Waals surface area contributed by atoms with Crippen LogP contribution in [0.15, 0.2) is 146 Å². The van der Waals surface area contributed by atoms with Gasteiger partial charge in [-0.15, -0.1) is 0 Å². The molecule has 7 aromatic carbocycles. The Morgan fingerprint density at radius 2 is 0.781 bits per heavy atom. The third kappa shape index (κ3) is 7.31. The van der Waals surface area contributed by atoms with Crippen molar-refractivity contribution in [3.63, 3.8) is 0 Å². The van der Waals surface area contributed by atoms with Gasteiger partial charge in [0, 0.05) is 10.8 Å². The molecule has 0 saturated carbocycles. The first-order chi connectivity index (χ1) is 30.1. The maximum Gasteiger partial charge on any atom is 0.416 e. The maximum absolute atomic E-state index is 14.5. The molecule has 0 spiro atoms. The van der Waals surface area contributed by atoms with Crippen LogP contribution in [-0.4, -0.2) is 16.4 Å². The van der Waals surface area contributed by atoms with Gasteiger partial charge >= 0.3 is 24.7 Å². The second-order valence-corrected chi connectivity index (χ2v) is 14.9. The topological polar surface area (TPSA) is 42.3 Å². The van der Waals surface area contributed by atoms with Gasteiger partial charge < -0.3 is 4.57 Å². The molecule has 1 aliphatic heterocycles. The van der Waals surface area contributed by atoms with Crippen molar-refractivity contribution in [2.75, 3.05) is 4.90 Å². The summed E-state index contributed by atoms with van der Waals surface area (Å²) in [5.74, 6) is -1.57. The highest BCUT2D eigenvalue weighted by molar-refractivity contribution is 6.35. The molecule has 8 aromatic rings. The predicted molar refractivity (Wildman–Crippen MR) is 215 cm³/mol. The lowest BCUT2D eigenvalue weighted by Gasteiger charge is -2.16. The fourth-order valence-corrected chi connectivity index (χ4v) is 8.00. The quantitative estimate of drug-likeness (QED) is 0.128. The number of carbonyl (C=O) groups excluding carboxylic acids is 2. The molecule has 9 rings (SSSR count). The molecule has 0 fully saturated rings. The van der Waals surface area contributed by atoms with Crippen molar-refractivity contribution in [3.8, 4) is 39.1 Å². The Hall–Kier alpha value is -7.36. The highest BCUT2D eigenvalue weighted by Crippen LogP contribution is 2.44. The van der Waals surface area contributed by atoms with Gasteiger partial charge in [-0.2, -0.15) is 52.7 Å². The fourth-order valence-electron chi connectivity index (χ4n) is 8.00. The predicted octanol–water partition coefficient (Wildman–Crippen LogP) is 14.7. The lowest BCUT2D eigenvalue weighted by Crippen LogP contribution is -2.29. The smallest absolute Gasteiger partial charge is 0.308 e. The first-order valence-corrected chi connectivity index (χ1v) is 18.9. The van der Waals surface area contributed by atoms with Crippen molar-refractivity contribution in [1.82, 2.24) is 4.57 Å². The summed E-state index contributed by atoms with van der Waals surface area (Å²) in [6, 6.07) is 29.7. The van der Waals surface area contributed by atoms with Gasteiger partial charge in [-0.1, -0.05) is 72.8 Å². The van der Waals surface area contributed by atoms with Gasteiger partial charge in [-0.3, -0.25) is 9.59 Å². The molecule has 0 saturated heterocycles. The number of alkyl halides is 12. The van der Waals surface area contributed by atoms with Crippen LogP contribution in [0.2, 0.25) is 0 Å². The maximum atomic E-state index is 14.5. The monoisotopic (exact) mass is 888 g/mol. The van der Waals surface area contributed by atoms with Crippen LogP contribution in [0.3, 0.4) is 0 Å². The zero-order chi connectivity index (χ0) is 45.7. The molecule has 1 aromatic heterocycles. The number of aromatic nitrogens is 1. The summed E-state index contributed by atoms with van der Waals surface area (Å²) in [6.45, 7) is 0. The highest BCUT2D eigenvalue weighted by atomic mass is 19.4. The largest absolute Gasteiger partial charge is 0.416 e. The number of amides is 2. The number of anilines is 1. The Kier molecular flexibility index (Phi) is 9.58. The molecule has 1 aliphatic rings. The van der Waals surface area contributed by atoms with Crippen LogP contribution in [0, 0.1) is 0 Å². The van der Waals surface area contributed by atoms with Crippen LogP contribution in [0.5, 0.6) is 0 Å². The number of carbonyl (C=O) groups is 2. The molecule has 0 radical (unpaired) electrons. The SMILES string of the molecule is O=C1c2cccc(-n3c4cc(-c5cc(C(F)(F)F)cc(C(F)(F)F)c5)ccc4c4ccc(-c5cc(C(F)(F)F)cc(C(F)(F)F)c5)cc43)c2C(=O)N1c1ccc(-c2ccccc2)cc1. The van der Waals surface area contributed by atoms with Crippen LogP contribution in [0.1, 0.15) is 43.0 Å². The van der Waals surface area contributed by atoms with E-state index in [0.29, 0.717) is 24.3 Å². The normalized spacial score (nSPS) is 13.7. The number of hydrogen-bond acceptors (Lipinski definition) is 2. The Morgan fingerprint density at radius 1 is 0.359 bits per heavy atom. The van der Waals surface area contributed by atoms with Crippen LogP contribution in [0.25, 0.3) is 60.9 Å². The lowest BCUT2D eigenvalue weighted by atomic mass is 9.97. The van der Waals surface area contributed by atoms with Crippen molar-refractivity contribution in [3.05, 3.63) is 179 Å². The minimum absolute atomic E-state index is 0.0324. The molecular formula is C48H24F12N2O2. The second kappa shape index (κ2) is 14.6. The van der Waals surface area contributed by atoms with Crippen molar-refractivity contribution in [2.45, 2.75) is 24.7 Å². The summed E-state index contributed by atoms with van der Waals surface area (Å²) < 4.78 is 169. The molecule has 322 valence electrons. The van der Waals surface area contributed by atoms with Gasteiger partial charge in [-0.25, -0.2) is 4.90 Å². The summed E-state index contributed by atoms with van der Waals surface area (Å²) in [4.78, 5) is 29.5. The first-order valence-electron chi connectivity index (χ1n) is 18.9. The van der Waals surface area contributed by atoms with Crippen molar-refractivity contribution < 1.29 is 62.3 Å². The minimum Gasteiger partial charge on any atom is -0.308 e. The lowest BCUT2D eigenvalue weighted by molar-refractivity contribution is -0.144. The second-order valence-electron chi connectivity index (χ2n) is 14.9.